The Bertz CT molecular complexity index is 447. The molecule has 0 bridgehead atoms. The van der Waals surface area contributed by atoms with Gasteiger partial charge in [0.2, 0.25) is 0 Å². The van der Waals surface area contributed by atoms with Crippen molar-refractivity contribution in [2.24, 2.45) is 0 Å². The van der Waals surface area contributed by atoms with Crippen molar-refractivity contribution in [2.45, 2.75) is 19.3 Å². The molecule has 3 N–H and O–H groups in total. The predicted octanol–water partition coefficient (Wildman–Crippen LogP) is -1.01. The molecule has 70 valence electrons. The summed E-state index contributed by atoms with van der Waals surface area (Å²) >= 11 is 0. The first kappa shape index (κ1) is 4.55. The molecular formula is C8H12BNO3. The van der Waals surface area contributed by atoms with E-state index in [2.05, 4.69) is 4.98 Å². The van der Waals surface area contributed by atoms with Gasteiger partial charge in [-0.2, -0.15) is 0 Å². The largest absolute Gasteiger partial charge is 0.490 e. The SMILES string of the molecule is [2H]C([2H])([2H])C(O)(c1cncc(B(O)O)c1)C([2H])([2H])[2H]. The third-order valence-electron chi connectivity index (χ3n) is 1.48. The maximum atomic E-state index is 10.1. The molecule has 1 aromatic heterocycles. The highest BCUT2D eigenvalue weighted by Crippen LogP contribution is 2.16. The van der Waals surface area contributed by atoms with Crippen LogP contribution < -0.4 is 5.46 Å². The fraction of sp³-hybridized carbons (Fsp3) is 0.375. The Morgan fingerprint density at radius 1 is 1.46 bits per heavy atom. The molecule has 4 nitrogen and oxygen atoms in total. The van der Waals surface area contributed by atoms with Crippen molar-refractivity contribution in [1.29, 1.82) is 0 Å². The van der Waals surface area contributed by atoms with Gasteiger partial charge in [-0.15, -0.1) is 0 Å². The van der Waals surface area contributed by atoms with Crippen molar-refractivity contribution in [2.75, 3.05) is 0 Å². The zero-order valence-electron chi connectivity index (χ0n) is 12.6. The topological polar surface area (TPSA) is 73.6 Å². The molecule has 13 heavy (non-hydrogen) atoms. The van der Waals surface area contributed by atoms with Gasteiger partial charge in [0.05, 0.1) is 5.60 Å². The molecule has 0 aliphatic carbocycles. The van der Waals surface area contributed by atoms with E-state index >= 15 is 0 Å². The second-order valence-corrected chi connectivity index (χ2v) is 2.59. The summed E-state index contributed by atoms with van der Waals surface area (Å²) < 4.78 is 43.4. The molecule has 5 heteroatoms. The van der Waals surface area contributed by atoms with Crippen LogP contribution in [0, 0.1) is 0 Å². The molecule has 0 aromatic carbocycles. The van der Waals surface area contributed by atoms with Gasteiger partial charge in [0.25, 0.3) is 0 Å². The van der Waals surface area contributed by atoms with Crippen molar-refractivity contribution in [1.82, 2.24) is 4.98 Å². The first-order chi connectivity index (χ1) is 8.41. The van der Waals surface area contributed by atoms with E-state index in [-0.39, 0.29) is 5.46 Å². The highest BCUT2D eigenvalue weighted by molar-refractivity contribution is 6.58. The van der Waals surface area contributed by atoms with Gasteiger partial charge in [0.1, 0.15) is 0 Å². The quantitative estimate of drug-likeness (QED) is 0.518. The lowest BCUT2D eigenvalue weighted by Crippen LogP contribution is -2.32. The number of aromatic nitrogens is 1. The lowest BCUT2D eigenvalue weighted by atomic mass is 9.80. The Morgan fingerprint density at radius 2 is 2.15 bits per heavy atom. The maximum absolute atomic E-state index is 10.1. The van der Waals surface area contributed by atoms with Gasteiger partial charge < -0.3 is 15.2 Å². The Hall–Kier alpha value is -0.905. The van der Waals surface area contributed by atoms with Gasteiger partial charge in [0, 0.05) is 31.6 Å². The first-order valence-electron chi connectivity index (χ1n) is 6.45. The van der Waals surface area contributed by atoms with Crippen LogP contribution in [0.2, 0.25) is 0 Å². The standard InChI is InChI=1S/C8H12BNO3/c1-8(2,11)6-3-7(9(12)13)5-10-4-6/h3-5,11-13H,1-2H3/i1D3,2D3. The van der Waals surface area contributed by atoms with Crippen LogP contribution in [-0.2, 0) is 5.60 Å². The molecule has 0 aliphatic heterocycles. The number of aliphatic hydroxyl groups is 1. The lowest BCUT2D eigenvalue weighted by Gasteiger charge is -2.17. The Kier molecular flexibility index (Phi) is 1.21. The summed E-state index contributed by atoms with van der Waals surface area (Å²) in [5.41, 5.74) is -3.89. The van der Waals surface area contributed by atoms with Gasteiger partial charge in [-0.05, 0) is 13.7 Å². The van der Waals surface area contributed by atoms with Crippen LogP contribution in [0.3, 0.4) is 0 Å². The van der Waals surface area contributed by atoms with E-state index in [0.29, 0.717) is 0 Å². The van der Waals surface area contributed by atoms with Gasteiger partial charge >= 0.3 is 7.12 Å². The number of nitrogens with zero attached hydrogens (tertiary/aromatic N) is 1. The number of rotatable bonds is 2. The van der Waals surface area contributed by atoms with E-state index < -0.39 is 32.0 Å². The van der Waals surface area contributed by atoms with E-state index in [9.17, 15) is 5.11 Å². The highest BCUT2D eigenvalue weighted by atomic mass is 16.4. The minimum absolute atomic E-state index is 0.218. The van der Waals surface area contributed by atoms with Gasteiger partial charge in [-0.3, -0.25) is 4.98 Å². The molecule has 0 saturated carbocycles. The molecule has 0 aliphatic rings. The van der Waals surface area contributed by atoms with Crippen LogP contribution in [-0.4, -0.2) is 27.3 Å². The summed E-state index contributed by atoms with van der Waals surface area (Å²) in [5.74, 6) is 0. The average Bonchev–Trinajstić information content (AvgIpc) is 2.25. The summed E-state index contributed by atoms with van der Waals surface area (Å²) in [6.07, 6.45) is 1.89. The monoisotopic (exact) mass is 187 g/mol. The van der Waals surface area contributed by atoms with Crippen LogP contribution in [0.15, 0.2) is 18.5 Å². The van der Waals surface area contributed by atoms with Crippen molar-refractivity contribution in [3.8, 4) is 0 Å². The van der Waals surface area contributed by atoms with Crippen molar-refractivity contribution in [3.05, 3.63) is 24.0 Å². The molecule has 0 spiro atoms. The first-order valence-corrected chi connectivity index (χ1v) is 3.45. The van der Waals surface area contributed by atoms with Gasteiger partial charge in [-0.1, -0.05) is 6.07 Å². The molecule has 1 heterocycles. The molecule has 0 amide bonds. The van der Waals surface area contributed by atoms with E-state index in [1.807, 2.05) is 0 Å². The fourth-order valence-corrected chi connectivity index (χ4v) is 0.797. The Labute approximate surface area is 85.5 Å². The number of hydrogen-bond donors (Lipinski definition) is 3. The van der Waals surface area contributed by atoms with Crippen LogP contribution in [0.4, 0.5) is 0 Å². The number of hydrogen-bond acceptors (Lipinski definition) is 4. The average molecular weight is 187 g/mol. The van der Waals surface area contributed by atoms with Gasteiger partial charge in [-0.25, -0.2) is 0 Å². The summed E-state index contributed by atoms with van der Waals surface area (Å²) in [6.45, 7) is -6.47. The minimum atomic E-state index is -3.24. The summed E-state index contributed by atoms with van der Waals surface area (Å²) in [6, 6.07) is 0.885. The summed E-state index contributed by atoms with van der Waals surface area (Å²) in [5, 5.41) is 28.1. The molecule has 1 rings (SSSR count). The molecular weight excluding hydrogens is 169 g/mol. The predicted molar refractivity (Wildman–Crippen MR) is 49.3 cm³/mol. The zero-order valence-corrected chi connectivity index (χ0v) is 6.60. The van der Waals surface area contributed by atoms with Crippen LogP contribution in [0.25, 0.3) is 0 Å². The summed E-state index contributed by atoms with van der Waals surface area (Å²) in [4.78, 5) is 3.52. The van der Waals surface area contributed by atoms with Crippen LogP contribution in [0.1, 0.15) is 27.5 Å². The molecule has 0 saturated heterocycles. The van der Waals surface area contributed by atoms with Gasteiger partial charge in [0.15, 0.2) is 0 Å². The molecule has 0 fully saturated rings. The van der Waals surface area contributed by atoms with Crippen molar-refractivity contribution in [3.63, 3.8) is 0 Å². The van der Waals surface area contributed by atoms with E-state index in [4.69, 9.17) is 18.3 Å². The summed E-state index contributed by atoms with van der Waals surface area (Å²) in [7, 11) is -1.95. The smallest absolute Gasteiger partial charge is 0.423 e. The van der Waals surface area contributed by atoms with E-state index in [1.165, 1.54) is 0 Å². The van der Waals surface area contributed by atoms with E-state index in [1.54, 1.807) is 0 Å². The van der Waals surface area contributed by atoms with Crippen molar-refractivity contribution < 1.29 is 23.4 Å². The molecule has 1 aromatic rings. The van der Waals surface area contributed by atoms with Crippen molar-refractivity contribution >= 4 is 12.6 Å². The molecule has 0 radical (unpaired) electrons. The highest BCUT2D eigenvalue weighted by Gasteiger charge is 2.19. The molecule has 0 atom stereocenters. The molecule has 0 unspecified atom stereocenters. The zero-order chi connectivity index (χ0) is 15.1. The second kappa shape index (κ2) is 3.45. The normalized spacial score (nSPS) is 20.2. The minimum Gasteiger partial charge on any atom is -0.423 e. The third kappa shape index (κ3) is 2.52. The van der Waals surface area contributed by atoms with Crippen LogP contribution in [0.5, 0.6) is 0 Å². The number of pyridine rings is 1. The maximum Gasteiger partial charge on any atom is 0.490 e. The lowest BCUT2D eigenvalue weighted by molar-refractivity contribution is 0.0783. The fourth-order valence-electron chi connectivity index (χ4n) is 0.797. The second-order valence-electron chi connectivity index (χ2n) is 2.59. The Morgan fingerprint density at radius 3 is 2.69 bits per heavy atom. The van der Waals surface area contributed by atoms with E-state index in [0.717, 1.165) is 18.5 Å². The third-order valence-corrected chi connectivity index (χ3v) is 1.48. The Balaban J connectivity index is 3.48. The van der Waals surface area contributed by atoms with Crippen LogP contribution >= 0.6 is 0 Å².